The van der Waals surface area contributed by atoms with Gasteiger partial charge in [-0.05, 0) is 114 Å². The molecule has 1 heterocycles. The first-order valence-corrected chi connectivity index (χ1v) is 13.9. The Balaban J connectivity index is 1.69. The van der Waals surface area contributed by atoms with Crippen LogP contribution in [-0.2, 0) is 24.7 Å². The van der Waals surface area contributed by atoms with E-state index in [1.807, 2.05) is 50.2 Å². The van der Waals surface area contributed by atoms with Gasteiger partial charge in [0.15, 0.2) is 5.82 Å². The Morgan fingerprint density at radius 3 is 1.98 bits per heavy atom. The molecule has 0 spiro atoms. The SMILES string of the molecule is CCNC(=O)c1ccc2c(c1)CCc1cc(C(=O)NCC)ccc1C2(C[C@@H](N)Cc1ccc(F)cc1)c1nnn[nH]1. The largest absolute Gasteiger partial charge is 0.352 e. The number of hydrogen-bond acceptors (Lipinski definition) is 6. The van der Waals surface area contributed by atoms with Crippen molar-refractivity contribution >= 4 is 11.8 Å². The van der Waals surface area contributed by atoms with Crippen LogP contribution >= 0.6 is 0 Å². The van der Waals surface area contributed by atoms with Crippen molar-refractivity contribution in [2.45, 2.75) is 51.0 Å². The topological polar surface area (TPSA) is 139 Å². The van der Waals surface area contributed by atoms with E-state index in [2.05, 4.69) is 31.3 Å². The van der Waals surface area contributed by atoms with Gasteiger partial charge in [0, 0.05) is 30.3 Å². The molecule has 0 saturated heterocycles. The maximum atomic E-state index is 13.6. The zero-order valence-corrected chi connectivity index (χ0v) is 23.2. The Kier molecular flexibility index (Phi) is 8.21. The summed E-state index contributed by atoms with van der Waals surface area (Å²) in [4.78, 5) is 25.5. The van der Waals surface area contributed by atoms with Gasteiger partial charge in [-0.15, -0.1) is 5.10 Å². The average Bonchev–Trinajstić information content (AvgIpc) is 3.48. The standard InChI is InChI=1S/C31H34FN7O2/c1-3-34-28(40)22-9-13-26-20(16-22)7-8-21-17-23(29(41)35-4-2)10-14-27(21)31(26,30-36-38-39-37-30)18-25(33)15-19-5-11-24(32)12-6-19/h5-6,9-14,16-17,25H,3-4,7-8,15,18,33H2,1-2H3,(H,34,40)(H,35,41)(H,36,37,38,39)/t25-/m0/s1. The number of nitrogens with two attached hydrogens (primary N) is 1. The fourth-order valence-electron chi connectivity index (χ4n) is 5.96. The summed E-state index contributed by atoms with van der Waals surface area (Å²) in [6.07, 6.45) is 2.21. The Bertz CT molecular complexity index is 1470. The molecule has 4 aromatic rings. The first-order valence-electron chi connectivity index (χ1n) is 13.9. The van der Waals surface area contributed by atoms with E-state index >= 15 is 0 Å². The van der Waals surface area contributed by atoms with E-state index in [4.69, 9.17) is 5.73 Å². The average molecular weight is 556 g/mol. The molecule has 1 atom stereocenters. The van der Waals surface area contributed by atoms with Crippen molar-refractivity contribution in [3.63, 3.8) is 0 Å². The molecule has 0 bridgehead atoms. The lowest BCUT2D eigenvalue weighted by Gasteiger charge is -2.36. The molecule has 0 aliphatic heterocycles. The molecule has 212 valence electrons. The summed E-state index contributed by atoms with van der Waals surface area (Å²) in [7, 11) is 0. The number of tetrazole rings is 1. The van der Waals surface area contributed by atoms with Crippen molar-refractivity contribution in [3.05, 3.63) is 111 Å². The lowest BCUT2D eigenvalue weighted by Crippen LogP contribution is -2.40. The highest BCUT2D eigenvalue weighted by atomic mass is 19.1. The number of nitrogens with one attached hydrogen (secondary N) is 3. The maximum Gasteiger partial charge on any atom is 0.251 e. The van der Waals surface area contributed by atoms with Crippen molar-refractivity contribution in [3.8, 4) is 0 Å². The second-order valence-corrected chi connectivity index (χ2v) is 10.4. The summed E-state index contributed by atoms with van der Waals surface area (Å²) >= 11 is 0. The van der Waals surface area contributed by atoms with Gasteiger partial charge in [0.1, 0.15) is 5.82 Å². The summed E-state index contributed by atoms with van der Waals surface area (Å²) < 4.78 is 13.6. The molecular weight excluding hydrogens is 521 g/mol. The van der Waals surface area contributed by atoms with Gasteiger partial charge in [0.25, 0.3) is 11.8 Å². The molecule has 2 amide bonds. The minimum Gasteiger partial charge on any atom is -0.352 e. The quantitative estimate of drug-likeness (QED) is 0.250. The van der Waals surface area contributed by atoms with E-state index in [-0.39, 0.29) is 23.7 Å². The molecule has 3 aromatic carbocycles. The van der Waals surface area contributed by atoms with Crippen molar-refractivity contribution in [2.75, 3.05) is 13.1 Å². The lowest BCUT2D eigenvalue weighted by atomic mass is 9.67. The fraction of sp³-hybridized carbons (Fsp3) is 0.323. The number of rotatable bonds is 9. The van der Waals surface area contributed by atoms with Crippen LogP contribution in [0.5, 0.6) is 0 Å². The van der Waals surface area contributed by atoms with Crippen LogP contribution in [-0.4, -0.2) is 51.6 Å². The number of aromatic nitrogens is 4. The van der Waals surface area contributed by atoms with E-state index in [0.29, 0.717) is 55.7 Å². The van der Waals surface area contributed by atoms with Crippen LogP contribution in [0, 0.1) is 5.82 Å². The van der Waals surface area contributed by atoms with Crippen LogP contribution in [0.3, 0.4) is 0 Å². The van der Waals surface area contributed by atoms with Gasteiger partial charge >= 0.3 is 0 Å². The Morgan fingerprint density at radius 2 is 1.49 bits per heavy atom. The third kappa shape index (κ3) is 5.60. The number of halogens is 1. The molecule has 1 aliphatic rings. The van der Waals surface area contributed by atoms with Crippen LogP contribution in [0.1, 0.15) is 74.6 Å². The summed E-state index contributed by atoms with van der Waals surface area (Å²) in [6, 6.07) is 17.4. The van der Waals surface area contributed by atoms with E-state index < -0.39 is 5.41 Å². The maximum absolute atomic E-state index is 13.6. The number of fused-ring (bicyclic) bond motifs is 2. The van der Waals surface area contributed by atoms with Crippen LogP contribution in [0.15, 0.2) is 60.7 Å². The number of nitrogens with zero attached hydrogens (tertiary/aromatic N) is 3. The third-order valence-corrected chi connectivity index (χ3v) is 7.72. The highest BCUT2D eigenvalue weighted by Crippen LogP contribution is 2.47. The van der Waals surface area contributed by atoms with E-state index in [0.717, 1.165) is 27.8 Å². The van der Waals surface area contributed by atoms with Gasteiger partial charge in [-0.2, -0.15) is 0 Å². The van der Waals surface area contributed by atoms with Gasteiger partial charge in [-0.1, -0.05) is 24.3 Å². The van der Waals surface area contributed by atoms with Crippen molar-refractivity contribution in [2.24, 2.45) is 5.73 Å². The molecule has 1 aliphatic carbocycles. The van der Waals surface area contributed by atoms with Gasteiger partial charge < -0.3 is 16.4 Å². The van der Waals surface area contributed by atoms with Crippen LogP contribution < -0.4 is 16.4 Å². The second kappa shape index (κ2) is 12.0. The fourth-order valence-corrected chi connectivity index (χ4v) is 5.96. The predicted octanol–water partition coefficient (Wildman–Crippen LogP) is 3.23. The van der Waals surface area contributed by atoms with E-state index in [1.165, 1.54) is 12.1 Å². The number of aryl methyl sites for hydroxylation is 2. The first kappa shape index (κ1) is 28.1. The van der Waals surface area contributed by atoms with Crippen molar-refractivity contribution < 1.29 is 14.0 Å². The Morgan fingerprint density at radius 1 is 0.927 bits per heavy atom. The van der Waals surface area contributed by atoms with Crippen molar-refractivity contribution in [1.29, 1.82) is 0 Å². The number of amides is 2. The smallest absolute Gasteiger partial charge is 0.251 e. The monoisotopic (exact) mass is 555 g/mol. The van der Waals surface area contributed by atoms with Gasteiger partial charge in [-0.3, -0.25) is 9.59 Å². The Labute approximate surface area is 238 Å². The number of benzene rings is 3. The normalized spacial score (nSPS) is 14.3. The molecule has 1 aromatic heterocycles. The molecule has 41 heavy (non-hydrogen) atoms. The number of hydrogen-bond donors (Lipinski definition) is 4. The lowest BCUT2D eigenvalue weighted by molar-refractivity contribution is 0.0947. The van der Waals surface area contributed by atoms with E-state index in [9.17, 15) is 14.0 Å². The summed E-state index contributed by atoms with van der Waals surface area (Å²) in [6.45, 7) is 4.81. The third-order valence-electron chi connectivity index (χ3n) is 7.72. The zero-order chi connectivity index (χ0) is 29.0. The molecule has 0 saturated carbocycles. The molecule has 10 heteroatoms. The molecule has 9 nitrogen and oxygen atoms in total. The summed E-state index contributed by atoms with van der Waals surface area (Å²) in [5.74, 6) is -0.0667. The summed E-state index contributed by atoms with van der Waals surface area (Å²) in [5.41, 5.74) is 11.9. The number of aromatic amines is 1. The molecular formula is C31H34FN7O2. The number of carbonyl (C=O) groups excluding carboxylic acids is 2. The number of H-pyrrole nitrogens is 1. The van der Waals surface area contributed by atoms with Gasteiger partial charge in [0.05, 0.1) is 5.41 Å². The zero-order valence-electron chi connectivity index (χ0n) is 23.2. The van der Waals surface area contributed by atoms with Gasteiger partial charge in [-0.25, -0.2) is 9.49 Å². The molecule has 5 rings (SSSR count). The molecule has 0 radical (unpaired) electrons. The summed E-state index contributed by atoms with van der Waals surface area (Å²) in [5, 5.41) is 21.0. The number of carbonyl (C=O) groups is 2. The van der Waals surface area contributed by atoms with Crippen LogP contribution in [0.4, 0.5) is 4.39 Å². The molecule has 0 fully saturated rings. The highest BCUT2D eigenvalue weighted by molar-refractivity contribution is 5.95. The minimum absolute atomic E-state index is 0.143. The van der Waals surface area contributed by atoms with Crippen molar-refractivity contribution in [1.82, 2.24) is 31.3 Å². The molecule has 5 N–H and O–H groups in total. The van der Waals surface area contributed by atoms with Gasteiger partial charge in [0.2, 0.25) is 0 Å². The molecule has 0 unspecified atom stereocenters. The second-order valence-electron chi connectivity index (χ2n) is 10.4. The first-order chi connectivity index (χ1) is 19.8. The minimum atomic E-state index is -0.899. The van der Waals surface area contributed by atoms with Crippen LogP contribution in [0.25, 0.3) is 0 Å². The Hall–Kier alpha value is -4.44. The predicted molar refractivity (Wildman–Crippen MR) is 153 cm³/mol. The van der Waals surface area contributed by atoms with Crippen LogP contribution in [0.2, 0.25) is 0 Å². The van der Waals surface area contributed by atoms with E-state index in [1.54, 1.807) is 12.1 Å². The highest BCUT2D eigenvalue weighted by Gasteiger charge is 2.45.